The summed E-state index contributed by atoms with van der Waals surface area (Å²) in [5, 5.41) is 17.3. The number of nitrogens with one attached hydrogen (secondary N) is 1. The van der Waals surface area contributed by atoms with Gasteiger partial charge in [0.25, 0.3) is 0 Å². The number of hydrogen-bond acceptors (Lipinski definition) is 8. The number of piperazine rings is 1. The number of aliphatic hydroxyl groups excluding tert-OH is 1. The Morgan fingerprint density at radius 1 is 1.31 bits per heavy atom. The fourth-order valence-corrected chi connectivity index (χ4v) is 4.13. The molecule has 1 aliphatic heterocycles. The van der Waals surface area contributed by atoms with Crippen molar-refractivity contribution in [2.75, 3.05) is 42.2 Å². The van der Waals surface area contributed by atoms with Crippen LogP contribution < -0.4 is 20.7 Å². The first-order valence-electron chi connectivity index (χ1n) is 10.8. The first-order valence-corrected chi connectivity index (χ1v) is 10.8. The lowest BCUT2D eigenvalue weighted by Gasteiger charge is -2.42. The Labute approximate surface area is 198 Å². The smallest absolute Gasteiger partial charge is 0.406 e. The molecule has 14 heteroatoms. The van der Waals surface area contributed by atoms with Crippen molar-refractivity contribution in [2.45, 2.75) is 25.7 Å². The van der Waals surface area contributed by atoms with Crippen LogP contribution in [0.25, 0.3) is 11.0 Å². The summed E-state index contributed by atoms with van der Waals surface area (Å²) >= 11 is 0. The number of urea groups is 1. The monoisotopic (exact) mass is 494 g/mol. The second kappa shape index (κ2) is 9.44. The van der Waals surface area contributed by atoms with Gasteiger partial charge in [-0.05, 0) is 37.1 Å². The highest BCUT2D eigenvalue weighted by molar-refractivity contribution is 5.91. The quantitative estimate of drug-likeness (QED) is 0.492. The molecule has 0 aliphatic carbocycles. The molecule has 3 heterocycles. The van der Waals surface area contributed by atoms with Gasteiger partial charge in [-0.25, -0.2) is 4.79 Å². The van der Waals surface area contributed by atoms with Gasteiger partial charge in [0.15, 0.2) is 5.65 Å². The van der Waals surface area contributed by atoms with E-state index in [-0.39, 0.29) is 30.9 Å². The van der Waals surface area contributed by atoms with E-state index in [1.165, 1.54) is 12.1 Å². The molecule has 0 bridgehead atoms. The summed E-state index contributed by atoms with van der Waals surface area (Å²) < 4.78 is 42.9. The molecule has 1 atom stereocenters. The summed E-state index contributed by atoms with van der Waals surface area (Å²) in [5.41, 5.74) is 7.27. The predicted octanol–water partition coefficient (Wildman–Crippen LogP) is 2.26. The largest absolute Gasteiger partial charge is 0.573 e. The van der Waals surface area contributed by atoms with Gasteiger partial charge >= 0.3 is 12.4 Å². The van der Waals surface area contributed by atoms with E-state index in [4.69, 9.17) is 5.73 Å². The van der Waals surface area contributed by atoms with Gasteiger partial charge in [0.1, 0.15) is 11.6 Å². The average molecular weight is 494 g/mol. The lowest BCUT2D eigenvalue weighted by molar-refractivity contribution is -0.274. The number of aromatic nitrogens is 4. The lowest BCUT2D eigenvalue weighted by atomic mass is 10.1. The standard InChI is InChI=1S/C21H25F3N8O3/c1-12-9-14(35-21(22,23)24)3-4-16(12)27-20(34)31-6-7-32(13(11-31)5-8-33)18-15-10-26-30(2)17(15)28-19(25)29-18/h3-4,9-10,13,33H,5-8,11H2,1-2H3,(H,27,34)(H2,25,28,29). The molecule has 1 unspecified atom stereocenters. The van der Waals surface area contributed by atoms with Crippen LogP contribution in [0.1, 0.15) is 12.0 Å². The maximum atomic E-state index is 13.0. The van der Waals surface area contributed by atoms with Gasteiger partial charge in [0.2, 0.25) is 5.95 Å². The van der Waals surface area contributed by atoms with Gasteiger partial charge in [-0.2, -0.15) is 15.1 Å². The molecule has 1 aliphatic rings. The Hall–Kier alpha value is -3.81. The molecule has 1 aromatic carbocycles. The number of aryl methyl sites for hydroxylation is 2. The van der Waals surface area contributed by atoms with Crippen molar-refractivity contribution < 1.29 is 27.8 Å². The number of anilines is 3. The number of fused-ring (bicyclic) bond motifs is 1. The Morgan fingerprint density at radius 2 is 2.09 bits per heavy atom. The Kier molecular flexibility index (Phi) is 6.56. The number of ether oxygens (including phenoxy) is 1. The number of rotatable bonds is 5. The van der Waals surface area contributed by atoms with Gasteiger partial charge in [-0.3, -0.25) is 4.68 Å². The van der Waals surface area contributed by atoms with E-state index < -0.39 is 12.4 Å². The second-order valence-corrected chi connectivity index (χ2v) is 8.17. The van der Waals surface area contributed by atoms with Crippen LogP contribution in [0.2, 0.25) is 0 Å². The lowest BCUT2D eigenvalue weighted by Crippen LogP contribution is -2.56. The van der Waals surface area contributed by atoms with Crippen LogP contribution in [0.5, 0.6) is 5.75 Å². The Balaban J connectivity index is 1.50. The zero-order valence-electron chi connectivity index (χ0n) is 19.1. The van der Waals surface area contributed by atoms with Gasteiger partial charge < -0.3 is 30.7 Å². The van der Waals surface area contributed by atoms with Crippen molar-refractivity contribution in [1.29, 1.82) is 0 Å². The topological polar surface area (TPSA) is 135 Å². The zero-order chi connectivity index (χ0) is 25.3. The minimum atomic E-state index is -4.80. The molecule has 4 rings (SSSR count). The SMILES string of the molecule is Cc1cc(OC(F)(F)F)ccc1NC(=O)N1CCN(c2nc(N)nc3c2cnn3C)C(CCO)C1. The minimum absolute atomic E-state index is 0.0902. The number of benzene rings is 1. The predicted molar refractivity (Wildman–Crippen MR) is 122 cm³/mol. The summed E-state index contributed by atoms with van der Waals surface area (Å²) in [6, 6.07) is 3.03. The summed E-state index contributed by atoms with van der Waals surface area (Å²) in [6.07, 6.45) is -2.78. The van der Waals surface area contributed by atoms with Gasteiger partial charge in [0.05, 0.1) is 17.6 Å². The van der Waals surface area contributed by atoms with Gasteiger partial charge in [-0.15, -0.1) is 13.2 Å². The number of amides is 2. The molecule has 2 amide bonds. The van der Waals surface area contributed by atoms with Crippen LogP contribution in [0.3, 0.4) is 0 Å². The molecule has 3 aromatic rings. The van der Waals surface area contributed by atoms with Crippen LogP contribution in [0.4, 0.5) is 35.4 Å². The minimum Gasteiger partial charge on any atom is -0.406 e. The van der Waals surface area contributed by atoms with Crippen molar-refractivity contribution in [2.24, 2.45) is 7.05 Å². The molecule has 0 radical (unpaired) electrons. The van der Waals surface area contributed by atoms with Crippen LogP contribution in [-0.2, 0) is 7.05 Å². The number of hydrogen-bond donors (Lipinski definition) is 3. The van der Waals surface area contributed by atoms with Crippen molar-refractivity contribution in [3.8, 4) is 5.75 Å². The van der Waals surface area contributed by atoms with Crippen molar-refractivity contribution >= 4 is 34.5 Å². The van der Waals surface area contributed by atoms with Gasteiger partial charge in [0, 0.05) is 39.0 Å². The summed E-state index contributed by atoms with van der Waals surface area (Å²) in [5.74, 6) is 0.304. The van der Waals surface area contributed by atoms with E-state index in [1.54, 1.807) is 29.7 Å². The number of carbonyl (C=O) groups excluding carboxylic acids is 1. The molecule has 2 aromatic heterocycles. The molecular formula is C21H25F3N8O3. The summed E-state index contributed by atoms with van der Waals surface area (Å²) in [7, 11) is 1.75. The van der Waals surface area contributed by atoms with Crippen molar-refractivity contribution in [1.82, 2.24) is 24.6 Å². The highest BCUT2D eigenvalue weighted by Crippen LogP contribution is 2.30. The molecule has 4 N–H and O–H groups in total. The van der Waals surface area contributed by atoms with Crippen LogP contribution in [0, 0.1) is 6.92 Å². The molecule has 0 spiro atoms. The number of nitrogens with two attached hydrogens (primary N) is 1. The normalized spacial score (nSPS) is 16.6. The molecule has 0 saturated carbocycles. The highest BCUT2D eigenvalue weighted by Gasteiger charge is 2.33. The van der Waals surface area contributed by atoms with Crippen molar-refractivity contribution in [3.63, 3.8) is 0 Å². The average Bonchev–Trinajstić information content (AvgIpc) is 3.15. The van der Waals surface area contributed by atoms with E-state index >= 15 is 0 Å². The van der Waals surface area contributed by atoms with Crippen LogP contribution in [-0.4, -0.2) is 74.4 Å². The maximum Gasteiger partial charge on any atom is 0.573 e. The fourth-order valence-electron chi connectivity index (χ4n) is 4.13. The van der Waals surface area contributed by atoms with Gasteiger partial charge in [-0.1, -0.05) is 0 Å². The van der Waals surface area contributed by atoms with E-state index in [2.05, 4.69) is 25.1 Å². The van der Waals surface area contributed by atoms with Crippen LogP contribution >= 0.6 is 0 Å². The number of nitrogen functional groups attached to an aromatic ring is 1. The molecule has 1 fully saturated rings. The molecule has 11 nitrogen and oxygen atoms in total. The third kappa shape index (κ3) is 5.31. The van der Waals surface area contributed by atoms with E-state index in [9.17, 15) is 23.1 Å². The molecular weight excluding hydrogens is 469 g/mol. The number of halogens is 3. The van der Waals surface area contributed by atoms with E-state index in [0.717, 1.165) is 6.07 Å². The van der Waals surface area contributed by atoms with Crippen LogP contribution in [0.15, 0.2) is 24.4 Å². The number of carbonyl (C=O) groups is 1. The highest BCUT2D eigenvalue weighted by atomic mass is 19.4. The zero-order valence-corrected chi connectivity index (χ0v) is 19.1. The summed E-state index contributed by atoms with van der Waals surface area (Å²) in [6.45, 7) is 2.51. The summed E-state index contributed by atoms with van der Waals surface area (Å²) in [4.78, 5) is 25.2. The molecule has 188 valence electrons. The Bertz CT molecular complexity index is 1230. The number of aliphatic hydroxyl groups is 1. The second-order valence-electron chi connectivity index (χ2n) is 8.17. The first-order chi connectivity index (χ1) is 16.6. The maximum absolute atomic E-state index is 13.0. The van der Waals surface area contributed by atoms with E-state index in [0.29, 0.717) is 47.6 Å². The molecule has 35 heavy (non-hydrogen) atoms. The first kappa shape index (κ1) is 24.3. The number of alkyl halides is 3. The third-order valence-corrected chi connectivity index (χ3v) is 5.77. The Morgan fingerprint density at radius 3 is 2.77 bits per heavy atom. The van der Waals surface area contributed by atoms with Crippen molar-refractivity contribution in [3.05, 3.63) is 30.0 Å². The number of nitrogens with zero attached hydrogens (tertiary/aromatic N) is 6. The van der Waals surface area contributed by atoms with E-state index in [1.807, 2.05) is 4.90 Å². The third-order valence-electron chi connectivity index (χ3n) is 5.77. The fraction of sp³-hybridized carbons (Fsp3) is 0.429. The molecule has 1 saturated heterocycles.